The maximum absolute atomic E-state index is 8.80. The predicted octanol–water partition coefficient (Wildman–Crippen LogP) is 1.64. The molecule has 66 valence electrons. The number of aliphatic hydroxyl groups is 1. The van der Waals surface area contributed by atoms with E-state index in [-0.39, 0.29) is 12.6 Å². The van der Waals surface area contributed by atoms with Crippen LogP contribution in [-0.2, 0) is 0 Å². The number of aliphatic hydroxyl groups excluding tert-OH is 1. The van der Waals surface area contributed by atoms with E-state index in [4.69, 9.17) is 22.4 Å². The third-order valence-corrected chi connectivity index (χ3v) is 2.08. The van der Waals surface area contributed by atoms with Crippen molar-refractivity contribution in [1.82, 2.24) is 0 Å². The van der Waals surface area contributed by atoms with E-state index in [0.717, 1.165) is 11.1 Å². The molecule has 0 aliphatic rings. The summed E-state index contributed by atoms with van der Waals surface area (Å²) in [6.45, 7) is 1.88. The molecular weight excluding hydrogens is 174 g/mol. The fraction of sp³-hybridized carbons (Fsp3) is 0.333. The summed E-state index contributed by atoms with van der Waals surface area (Å²) < 4.78 is 0. The van der Waals surface area contributed by atoms with Crippen molar-refractivity contribution in [1.29, 1.82) is 0 Å². The highest BCUT2D eigenvalue weighted by molar-refractivity contribution is 6.31. The van der Waals surface area contributed by atoms with Crippen molar-refractivity contribution in [3.63, 3.8) is 0 Å². The van der Waals surface area contributed by atoms with Crippen LogP contribution in [0, 0.1) is 6.92 Å². The standard InChI is InChI=1S/C9H12ClNO/c1-6-2-3-7(8(10)4-6)9(11)5-12/h2-4,9,12H,5,11H2,1H3/t9-/m1/s1. The summed E-state index contributed by atoms with van der Waals surface area (Å²) in [5.74, 6) is 0. The van der Waals surface area contributed by atoms with Gasteiger partial charge in [-0.15, -0.1) is 0 Å². The molecule has 0 spiro atoms. The minimum atomic E-state index is -0.377. The van der Waals surface area contributed by atoms with E-state index in [9.17, 15) is 0 Å². The summed E-state index contributed by atoms with van der Waals surface area (Å²) in [5, 5.41) is 9.42. The number of nitrogens with two attached hydrogens (primary N) is 1. The van der Waals surface area contributed by atoms with E-state index in [2.05, 4.69) is 0 Å². The largest absolute Gasteiger partial charge is 0.394 e. The number of aryl methyl sites for hydroxylation is 1. The Morgan fingerprint density at radius 3 is 2.75 bits per heavy atom. The SMILES string of the molecule is Cc1ccc([C@H](N)CO)c(Cl)c1. The Labute approximate surface area is 77.0 Å². The van der Waals surface area contributed by atoms with Gasteiger partial charge >= 0.3 is 0 Å². The van der Waals surface area contributed by atoms with Crippen molar-refractivity contribution >= 4 is 11.6 Å². The second-order valence-corrected chi connectivity index (χ2v) is 3.22. The maximum atomic E-state index is 8.80. The molecule has 2 nitrogen and oxygen atoms in total. The zero-order valence-electron chi connectivity index (χ0n) is 6.92. The molecular formula is C9H12ClNO. The lowest BCUT2D eigenvalue weighted by Crippen LogP contribution is -2.14. The average Bonchev–Trinajstić information content (AvgIpc) is 2.03. The van der Waals surface area contributed by atoms with Gasteiger partial charge in [-0.1, -0.05) is 23.7 Å². The Hall–Kier alpha value is -0.570. The van der Waals surface area contributed by atoms with Crippen LogP contribution in [0.4, 0.5) is 0 Å². The van der Waals surface area contributed by atoms with E-state index in [1.807, 2.05) is 25.1 Å². The molecule has 0 saturated heterocycles. The summed E-state index contributed by atoms with van der Waals surface area (Å²) in [6, 6.07) is 5.24. The van der Waals surface area contributed by atoms with Crippen molar-refractivity contribution in [2.45, 2.75) is 13.0 Å². The Kier molecular flexibility index (Phi) is 3.09. The topological polar surface area (TPSA) is 46.2 Å². The van der Waals surface area contributed by atoms with Crippen LogP contribution in [0.25, 0.3) is 0 Å². The summed E-state index contributed by atoms with van der Waals surface area (Å²) in [6.07, 6.45) is 0. The number of hydrogen-bond acceptors (Lipinski definition) is 2. The number of benzene rings is 1. The first-order valence-electron chi connectivity index (χ1n) is 3.77. The molecule has 0 bridgehead atoms. The van der Waals surface area contributed by atoms with E-state index < -0.39 is 0 Å². The lowest BCUT2D eigenvalue weighted by molar-refractivity contribution is 0.268. The van der Waals surface area contributed by atoms with Gasteiger partial charge in [0.2, 0.25) is 0 Å². The molecule has 0 aromatic heterocycles. The molecule has 0 saturated carbocycles. The molecule has 1 atom stereocenters. The van der Waals surface area contributed by atoms with Gasteiger partial charge in [-0.05, 0) is 24.1 Å². The van der Waals surface area contributed by atoms with Gasteiger partial charge in [0.15, 0.2) is 0 Å². The Morgan fingerprint density at radius 1 is 1.58 bits per heavy atom. The quantitative estimate of drug-likeness (QED) is 0.736. The Bertz CT molecular complexity index is 275. The van der Waals surface area contributed by atoms with E-state index in [1.54, 1.807) is 0 Å². The molecule has 12 heavy (non-hydrogen) atoms. The minimum absolute atomic E-state index is 0.0806. The second-order valence-electron chi connectivity index (χ2n) is 2.81. The molecule has 0 heterocycles. The molecule has 3 heteroatoms. The van der Waals surface area contributed by atoms with Gasteiger partial charge in [-0.3, -0.25) is 0 Å². The molecule has 3 N–H and O–H groups in total. The lowest BCUT2D eigenvalue weighted by atomic mass is 10.1. The predicted molar refractivity (Wildman–Crippen MR) is 50.2 cm³/mol. The van der Waals surface area contributed by atoms with Crippen molar-refractivity contribution in [2.75, 3.05) is 6.61 Å². The van der Waals surface area contributed by atoms with Gasteiger partial charge in [-0.25, -0.2) is 0 Å². The van der Waals surface area contributed by atoms with Crippen LogP contribution in [0.3, 0.4) is 0 Å². The lowest BCUT2D eigenvalue weighted by Gasteiger charge is -2.10. The van der Waals surface area contributed by atoms with Gasteiger partial charge < -0.3 is 10.8 Å². The second kappa shape index (κ2) is 3.90. The highest BCUT2D eigenvalue weighted by Crippen LogP contribution is 2.22. The summed E-state index contributed by atoms with van der Waals surface area (Å²) in [7, 11) is 0. The van der Waals surface area contributed by atoms with E-state index in [0.29, 0.717) is 5.02 Å². The molecule has 0 aliphatic heterocycles. The first kappa shape index (κ1) is 9.52. The van der Waals surface area contributed by atoms with Crippen molar-refractivity contribution < 1.29 is 5.11 Å². The molecule has 0 unspecified atom stereocenters. The smallest absolute Gasteiger partial charge is 0.0624 e. The van der Waals surface area contributed by atoms with Gasteiger partial charge in [0, 0.05) is 5.02 Å². The van der Waals surface area contributed by atoms with E-state index in [1.165, 1.54) is 0 Å². The first-order valence-corrected chi connectivity index (χ1v) is 4.15. The van der Waals surface area contributed by atoms with E-state index >= 15 is 0 Å². The normalized spacial score (nSPS) is 13.0. The summed E-state index contributed by atoms with van der Waals surface area (Å²) >= 11 is 5.91. The van der Waals surface area contributed by atoms with Gasteiger partial charge in [-0.2, -0.15) is 0 Å². The molecule has 1 aromatic rings. The third-order valence-electron chi connectivity index (χ3n) is 1.75. The molecule has 1 rings (SSSR count). The van der Waals surface area contributed by atoms with Crippen LogP contribution >= 0.6 is 11.6 Å². The molecule has 0 aliphatic carbocycles. The van der Waals surface area contributed by atoms with Gasteiger partial charge in [0.05, 0.1) is 12.6 Å². The van der Waals surface area contributed by atoms with Gasteiger partial charge in [0.1, 0.15) is 0 Å². The van der Waals surface area contributed by atoms with Crippen LogP contribution in [0.1, 0.15) is 17.2 Å². The van der Waals surface area contributed by atoms with Crippen LogP contribution in [-0.4, -0.2) is 11.7 Å². The maximum Gasteiger partial charge on any atom is 0.0624 e. The highest BCUT2D eigenvalue weighted by atomic mass is 35.5. The molecule has 1 aromatic carbocycles. The fourth-order valence-corrected chi connectivity index (χ4v) is 1.41. The zero-order valence-corrected chi connectivity index (χ0v) is 7.67. The van der Waals surface area contributed by atoms with Crippen LogP contribution in [0.5, 0.6) is 0 Å². The van der Waals surface area contributed by atoms with Gasteiger partial charge in [0.25, 0.3) is 0 Å². The summed E-state index contributed by atoms with van der Waals surface area (Å²) in [5.41, 5.74) is 7.50. The van der Waals surface area contributed by atoms with Crippen molar-refractivity contribution in [3.05, 3.63) is 34.3 Å². The zero-order chi connectivity index (χ0) is 9.14. The van der Waals surface area contributed by atoms with Crippen molar-refractivity contribution in [3.8, 4) is 0 Å². The van der Waals surface area contributed by atoms with Crippen LogP contribution < -0.4 is 5.73 Å². The Balaban J connectivity index is 3.01. The Morgan fingerprint density at radius 2 is 2.25 bits per heavy atom. The highest BCUT2D eigenvalue weighted by Gasteiger charge is 2.07. The number of hydrogen-bond donors (Lipinski definition) is 2. The number of rotatable bonds is 2. The minimum Gasteiger partial charge on any atom is -0.394 e. The van der Waals surface area contributed by atoms with Crippen LogP contribution in [0.15, 0.2) is 18.2 Å². The third kappa shape index (κ3) is 1.97. The molecule has 0 amide bonds. The molecule has 0 fully saturated rings. The average molecular weight is 186 g/mol. The summed E-state index contributed by atoms with van der Waals surface area (Å²) in [4.78, 5) is 0. The fourth-order valence-electron chi connectivity index (χ4n) is 1.03. The van der Waals surface area contributed by atoms with Crippen molar-refractivity contribution in [2.24, 2.45) is 5.73 Å². The first-order chi connectivity index (χ1) is 5.65. The number of halogens is 1. The monoisotopic (exact) mass is 185 g/mol. The molecule has 0 radical (unpaired) electrons. The van der Waals surface area contributed by atoms with Crippen LogP contribution in [0.2, 0.25) is 5.02 Å².